The van der Waals surface area contributed by atoms with Crippen LogP contribution in [0.1, 0.15) is 11.8 Å². The summed E-state index contributed by atoms with van der Waals surface area (Å²) in [5, 5.41) is 0.507. The third-order valence-electron chi connectivity index (χ3n) is 3.26. The number of hydrogen-bond acceptors (Lipinski definition) is 5. The molecule has 24 heavy (non-hydrogen) atoms. The maximum Gasteiger partial charge on any atom is 0.280 e. The fraction of sp³-hybridized carbons (Fsp3) is 0.188. The van der Waals surface area contributed by atoms with Crippen molar-refractivity contribution in [1.29, 1.82) is 0 Å². The van der Waals surface area contributed by atoms with Gasteiger partial charge in [0.05, 0.1) is 5.39 Å². The standard InChI is InChI=1S/C16H14BrN3O3S/c1-2-12-7-13-15(24-12)18-9-20(16(13)22)19-14(21)8-23-11-5-3-4-10(17)6-11/h3-7,9H,2,8H2,1H3,(H,19,21). The van der Waals surface area contributed by atoms with Gasteiger partial charge in [0.1, 0.15) is 16.9 Å². The van der Waals surface area contributed by atoms with E-state index in [1.807, 2.05) is 25.1 Å². The zero-order valence-electron chi connectivity index (χ0n) is 12.8. The van der Waals surface area contributed by atoms with Crippen molar-refractivity contribution in [3.05, 3.63) is 56.4 Å². The second-order valence-corrected chi connectivity index (χ2v) is 7.02. The monoisotopic (exact) mass is 407 g/mol. The van der Waals surface area contributed by atoms with Crippen molar-refractivity contribution in [2.24, 2.45) is 0 Å². The van der Waals surface area contributed by atoms with E-state index in [1.165, 1.54) is 17.7 Å². The van der Waals surface area contributed by atoms with E-state index >= 15 is 0 Å². The van der Waals surface area contributed by atoms with Gasteiger partial charge in [-0.25, -0.2) is 9.66 Å². The highest BCUT2D eigenvalue weighted by Crippen LogP contribution is 2.21. The second kappa shape index (κ2) is 7.14. The first-order valence-corrected chi connectivity index (χ1v) is 8.86. The van der Waals surface area contributed by atoms with Crippen molar-refractivity contribution in [2.75, 3.05) is 12.0 Å². The Hall–Kier alpha value is -2.19. The minimum atomic E-state index is -0.441. The molecule has 3 rings (SSSR count). The highest BCUT2D eigenvalue weighted by molar-refractivity contribution is 9.10. The number of carbonyl (C=O) groups is 1. The first kappa shape index (κ1) is 16.7. The van der Waals surface area contributed by atoms with E-state index in [0.717, 1.165) is 20.4 Å². The van der Waals surface area contributed by atoms with Crippen molar-refractivity contribution < 1.29 is 9.53 Å². The summed E-state index contributed by atoms with van der Waals surface area (Å²) in [6.07, 6.45) is 2.16. The van der Waals surface area contributed by atoms with E-state index in [4.69, 9.17) is 4.74 Å². The number of nitrogens with one attached hydrogen (secondary N) is 1. The average Bonchev–Trinajstić information content (AvgIpc) is 3.00. The molecule has 0 saturated heterocycles. The Bertz CT molecular complexity index is 951. The molecule has 1 aromatic carbocycles. The van der Waals surface area contributed by atoms with Crippen LogP contribution in [0, 0.1) is 0 Å². The molecule has 0 atom stereocenters. The van der Waals surface area contributed by atoms with Crippen molar-refractivity contribution >= 4 is 43.4 Å². The lowest BCUT2D eigenvalue weighted by Crippen LogP contribution is -2.35. The molecule has 0 radical (unpaired) electrons. The van der Waals surface area contributed by atoms with E-state index in [9.17, 15) is 9.59 Å². The Kier molecular flexibility index (Phi) is 4.96. The molecule has 0 fully saturated rings. The van der Waals surface area contributed by atoms with Gasteiger partial charge in [0, 0.05) is 9.35 Å². The van der Waals surface area contributed by atoms with Crippen LogP contribution in [0.4, 0.5) is 0 Å². The van der Waals surface area contributed by atoms with E-state index in [1.54, 1.807) is 12.1 Å². The molecule has 3 aromatic rings. The predicted octanol–water partition coefficient (Wildman–Crippen LogP) is 2.93. The van der Waals surface area contributed by atoms with Gasteiger partial charge in [0.15, 0.2) is 6.61 Å². The molecule has 8 heteroatoms. The summed E-state index contributed by atoms with van der Waals surface area (Å²) < 4.78 is 7.34. The summed E-state index contributed by atoms with van der Waals surface area (Å²) in [4.78, 5) is 30.3. The van der Waals surface area contributed by atoms with Gasteiger partial charge in [0.2, 0.25) is 0 Å². The second-order valence-electron chi connectivity index (χ2n) is 4.99. The molecule has 0 bridgehead atoms. The number of carbonyl (C=O) groups excluding carboxylic acids is 1. The molecule has 0 aliphatic heterocycles. The predicted molar refractivity (Wildman–Crippen MR) is 97.3 cm³/mol. The number of halogens is 1. The number of hydrogen-bond donors (Lipinski definition) is 1. The Balaban J connectivity index is 1.71. The van der Waals surface area contributed by atoms with Gasteiger partial charge in [-0.3, -0.25) is 15.0 Å². The number of rotatable bonds is 5. The van der Waals surface area contributed by atoms with Gasteiger partial charge in [-0.2, -0.15) is 0 Å². The number of fused-ring (bicyclic) bond motifs is 1. The molecule has 2 aromatic heterocycles. The minimum absolute atomic E-state index is 0.204. The van der Waals surface area contributed by atoms with Crippen LogP contribution in [0.25, 0.3) is 10.2 Å². The number of nitrogens with zero attached hydrogens (tertiary/aromatic N) is 2. The molecule has 1 N–H and O–H groups in total. The lowest BCUT2D eigenvalue weighted by atomic mass is 10.3. The van der Waals surface area contributed by atoms with Crippen LogP contribution in [0.15, 0.2) is 45.9 Å². The van der Waals surface area contributed by atoms with Gasteiger partial charge in [-0.1, -0.05) is 28.9 Å². The van der Waals surface area contributed by atoms with Gasteiger partial charge in [0.25, 0.3) is 11.5 Å². The number of aryl methyl sites for hydroxylation is 1. The molecule has 6 nitrogen and oxygen atoms in total. The summed E-state index contributed by atoms with van der Waals surface area (Å²) in [6.45, 7) is 1.81. The fourth-order valence-electron chi connectivity index (χ4n) is 2.10. The average molecular weight is 408 g/mol. The maximum absolute atomic E-state index is 12.4. The highest BCUT2D eigenvalue weighted by Gasteiger charge is 2.10. The topological polar surface area (TPSA) is 73.2 Å². The Labute approximate surface area is 150 Å². The third kappa shape index (κ3) is 3.65. The highest BCUT2D eigenvalue weighted by atomic mass is 79.9. The Morgan fingerprint density at radius 1 is 1.42 bits per heavy atom. The summed E-state index contributed by atoms with van der Waals surface area (Å²) in [7, 11) is 0. The molecular formula is C16H14BrN3O3S. The van der Waals surface area contributed by atoms with Gasteiger partial charge < -0.3 is 4.74 Å². The lowest BCUT2D eigenvalue weighted by Gasteiger charge is -2.09. The summed E-state index contributed by atoms with van der Waals surface area (Å²) in [6, 6.07) is 8.98. The van der Waals surface area contributed by atoms with Crippen LogP contribution in [0.2, 0.25) is 0 Å². The van der Waals surface area contributed by atoms with Crippen molar-refractivity contribution in [3.8, 4) is 5.75 Å². The minimum Gasteiger partial charge on any atom is -0.484 e. The molecule has 0 spiro atoms. The molecule has 0 aliphatic carbocycles. The van der Waals surface area contributed by atoms with E-state index in [2.05, 4.69) is 26.3 Å². The van der Waals surface area contributed by atoms with Crippen LogP contribution in [-0.4, -0.2) is 22.2 Å². The quantitative estimate of drug-likeness (QED) is 0.705. The van der Waals surface area contributed by atoms with Crippen molar-refractivity contribution in [3.63, 3.8) is 0 Å². The third-order valence-corrected chi connectivity index (χ3v) is 4.94. The molecule has 2 heterocycles. The zero-order valence-corrected chi connectivity index (χ0v) is 15.2. The number of amides is 1. The van der Waals surface area contributed by atoms with E-state index in [-0.39, 0.29) is 12.2 Å². The van der Waals surface area contributed by atoms with Crippen LogP contribution in [0.3, 0.4) is 0 Å². The summed E-state index contributed by atoms with van der Waals surface area (Å²) >= 11 is 4.81. The summed E-state index contributed by atoms with van der Waals surface area (Å²) in [5.41, 5.74) is 2.19. The van der Waals surface area contributed by atoms with Crippen LogP contribution < -0.4 is 15.7 Å². The van der Waals surface area contributed by atoms with Crippen LogP contribution >= 0.6 is 27.3 Å². The van der Waals surface area contributed by atoms with Crippen LogP contribution in [-0.2, 0) is 11.2 Å². The van der Waals surface area contributed by atoms with Crippen LogP contribution in [0.5, 0.6) is 5.75 Å². The number of aromatic nitrogens is 2. The fourth-order valence-corrected chi connectivity index (χ4v) is 3.40. The normalized spacial score (nSPS) is 10.8. The van der Waals surface area contributed by atoms with E-state index in [0.29, 0.717) is 16.0 Å². The zero-order chi connectivity index (χ0) is 17.1. The smallest absolute Gasteiger partial charge is 0.280 e. The molecule has 0 unspecified atom stereocenters. The van der Waals surface area contributed by atoms with Crippen molar-refractivity contribution in [2.45, 2.75) is 13.3 Å². The van der Waals surface area contributed by atoms with E-state index < -0.39 is 5.91 Å². The first-order valence-electron chi connectivity index (χ1n) is 7.25. The number of ether oxygens (including phenoxy) is 1. The molecule has 0 saturated carbocycles. The SMILES string of the molecule is CCc1cc2c(=O)n(NC(=O)COc3cccc(Br)c3)cnc2s1. The molecule has 124 valence electrons. The van der Waals surface area contributed by atoms with Gasteiger partial charge >= 0.3 is 0 Å². The van der Waals surface area contributed by atoms with Crippen molar-refractivity contribution in [1.82, 2.24) is 9.66 Å². The first-order chi connectivity index (χ1) is 11.6. The molecule has 1 amide bonds. The Morgan fingerprint density at radius 3 is 3.00 bits per heavy atom. The number of benzene rings is 1. The molecular weight excluding hydrogens is 394 g/mol. The molecule has 0 aliphatic rings. The lowest BCUT2D eigenvalue weighted by molar-refractivity contribution is -0.119. The number of thiophene rings is 1. The summed E-state index contributed by atoms with van der Waals surface area (Å²) in [5.74, 6) is 0.120. The van der Waals surface area contributed by atoms with Gasteiger partial charge in [-0.05, 0) is 30.7 Å². The van der Waals surface area contributed by atoms with Gasteiger partial charge in [-0.15, -0.1) is 11.3 Å². The maximum atomic E-state index is 12.4. The Morgan fingerprint density at radius 2 is 2.25 bits per heavy atom. The largest absolute Gasteiger partial charge is 0.484 e.